The normalized spacial score (nSPS) is 19.6. The zero-order valence-corrected chi connectivity index (χ0v) is 15.3. The summed E-state index contributed by atoms with van der Waals surface area (Å²) in [7, 11) is 0. The number of nitrogens with zero attached hydrogens (tertiary/aromatic N) is 5. The highest BCUT2D eigenvalue weighted by Gasteiger charge is 2.31. The van der Waals surface area contributed by atoms with Gasteiger partial charge < -0.3 is 19.1 Å². The van der Waals surface area contributed by atoms with Crippen molar-refractivity contribution in [2.75, 3.05) is 37.7 Å². The zero-order valence-electron chi connectivity index (χ0n) is 15.3. The Balaban J connectivity index is 1.38. The molecule has 0 radical (unpaired) electrons. The minimum atomic E-state index is -0.0425. The van der Waals surface area contributed by atoms with Crippen molar-refractivity contribution < 1.29 is 14.1 Å². The van der Waals surface area contributed by atoms with Gasteiger partial charge in [-0.3, -0.25) is 4.79 Å². The molecule has 0 unspecified atom stereocenters. The zero-order chi connectivity index (χ0) is 18.2. The van der Waals surface area contributed by atoms with E-state index in [0.29, 0.717) is 18.8 Å². The van der Waals surface area contributed by atoms with Crippen molar-refractivity contribution in [2.24, 2.45) is 0 Å². The lowest BCUT2D eigenvalue weighted by atomic mass is 9.96. The molecule has 1 fully saturated rings. The van der Waals surface area contributed by atoms with Crippen LogP contribution in [0, 0.1) is 0 Å². The van der Waals surface area contributed by atoms with Crippen LogP contribution in [-0.2, 0) is 30.5 Å². The molecule has 0 aromatic carbocycles. The highest BCUT2D eigenvalue weighted by Crippen LogP contribution is 2.29. The minimum absolute atomic E-state index is 0.0425. The summed E-state index contributed by atoms with van der Waals surface area (Å²) in [5.74, 6) is 1.84. The maximum Gasteiger partial charge on any atom is 0.276 e. The van der Waals surface area contributed by atoms with E-state index in [0.717, 1.165) is 86.8 Å². The van der Waals surface area contributed by atoms with Gasteiger partial charge in [-0.1, -0.05) is 5.16 Å². The van der Waals surface area contributed by atoms with E-state index >= 15 is 0 Å². The van der Waals surface area contributed by atoms with Gasteiger partial charge in [0.05, 0.1) is 25.5 Å². The molecule has 1 saturated heterocycles. The van der Waals surface area contributed by atoms with E-state index in [1.54, 1.807) is 6.33 Å². The molecule has 5 rings (SSSR count). The van der Waals surface area contributed by atoms with Crippen molar-refractivity contribution in [3.05, 3.63) is 34.6 Å². The molecule has 0 bridgehead atoms. The number of hydrogen-bond donors (Lipinski definition) is 0. The molecule has 8 heteroatoms. The van der Waals surface area contributed by atoms with Crippen molar-refractivity contribution in [1.82, 2.24) is 20.0 Å². The van der Waals surface area contributed by atoms with E-state index in [2.05, 4.69) is 20.0 Å². The van der Waals surface area contributed by atoms with E-state index in [4.69, 9.17) is 9.26 Å². The number of aryl methyl sites for hydroxylation is 1. The molecule has 3 aliphatic rings. The molecule has 142 valence electrons. The Hall–Kier alpha value is -2.48. The number of carbonyl (C=O) groups is 1. The summed E-state index contributed by atoms with van der Waals surface area (Å²) in [6.45, 7) is 4.28. The Kier molecular flexibility index (Phi) is 4.27. The Bertz CT molecular complexity index is 859. The number of ether oxygens (including phenoxy) is 1. The summed E-state index contributed by atoms with van der Waals surface area (Å²) < 4.78 is 10.9. The van der Waals surface area contributed by atoms with Crippen LogP contribution in [0.1, 0.15) is 45.9 Å². The van der Waals surface area contributed by atoms with Crippen LogP contribution in [-0.4, -0.2) is 58.8 Å². The molecular formula is C19H23N5O3. The monoisotopic (exact) mass is 369 g/mol. The average Bonchev–Trinajstić information content (AvgIpc) is 3.17. The van der Waals surface area contributed by atoms with Crippen LogP contribution in [0.15, 0.2) is 10.9 Å². The first-order valence-electron chi connectivity index (χ1n) is 9.73. The molecule has 27 heavy (non-hydrogen) atoms. The molecule has 2 aromatic heterocycles. The van der Waals surface area contributed by atoms with Gasteiger partial charge in [-0.15, -0.1) is 0 Å². The van der Waals surface area contributed by atoms with Crippen molar-refractivity contribution in [3.8, 4) is 0 Å². The van der Waals surface area contributed by atoms with Crippen molar-refractivity contribution in [1.29, 1.82) is 0 Å². The van der Waals surface area contributed by atoms with Gasteiger partial charge in [0, 0.05) is 37.2 Å². The number of hydrogen-bond acceptors (Lipinski definition) is 7. The topological polar surface area (TPSA) is 84.6 Å². The largest absolute Gasteiger partial charge is 0.378 e. The predicted molar refractivity (Wildman–Crippen MR) is 96.7 cm³/mol. The van der Waals surface area contributed by atoms with Crippen molar-refractivity contribution in [2.45, 2.75) is 38.6 Å². The van der Waals surface area contributed by atoms with Gasteiger partial charge in [-0.25, -0.2) is 9.97 Å². The van der Waals surface area contributed by atoms with Crippen molar-refractivity contribution >= 4 is 11.7 Å². The minimum Gasteiger partial charge on any atom is -0.378 e. The third-order valence-electron chi connectivity index (χ3n) is 5.73. The van der Waals surface area contributed by atoms with Gasteiger partial charge in [0.15, 0.2) is 5.69 Å². The fraction of sp³-hybridized carbons (Fsp3) is 0.579. The van der Waals surface area contributed by atoms with Crippen LogP contribution in [0.4, 0.5) is 5.82 Å². The van der Waals surface area contributed by atoms with E-state index in [-0.39, 0.29) is 5.91 Å². The number of rotatable bonds is 2. The summed E-state index contributed by atoms with van der Waals surface area (Å²) in [6.07, 6.45) is 6.33. The fourth-order valence-corrected chi connectivity index (χ4v) is 4.26. The van der Waals surface area contributed by atoms with Gasteiger partial charge in [-0.2, -0.15) is 0 Å². The lowest BCUT2D eigenvalue weighted by molar-refractivity contribution is 0.0720. The Morgan fingerprint density at radius 1 is 1.00 bits per heavy atom. The van der Waals surface area contributed by atoms with E-state index in [9.17, 15) is 4.79 Å². The number of amides is 1. The standard InChI is InChI=1S/C19H23N5O3/c25-19(17-14-3-1-2-4-16(14)27-22-17)24-6-5-13-15(11-24)20-12-21-18(13)23-7-9-26-10-8-23/h12H,1-11H2. The molecule has 2 aromatic rings. The van der Waals surface area contributed by atoms with Gasteiger partial charge in [0.25, 0.3) is 5.91 Å². The molecule has 2 aliphatic heterocycles. The molecule has 4 heterocycles. The molecule has 1 amide bonds. The van der Waals surface area contributed by atoms with E-state index < -0.39 is 0 Å². The molecule has 1 aliphatic carbocycles. The summed E-state index contributed by atoms with van der Waals surface area (Å²) >= 11 is 0. The number of morpholine rings is 1. The average molecular weight is 369 g/mol. The third-order valence-corrected chi connectivity index (χ3v) is 5.73. The summed E-state index contributed by atoms with van der Waals surface area (Å²) in [5.41, 5.74) is 3.60. The lowest BCUT2D eigenvalue weighted by Crippen LogP contribution is -2.41. The highest BCUT2D eigenvalue weighted by atomic mass is 16.5. The Morgan fingerprint density at radius 2 is 1.85 bits per heavy atom. The number of carbonyl (C=O) groups excluding carboxylic acids is 1. The molecule has 8 nitrogen and oxygen atoms in total. The summed E-state index contributed by atoms with van der Waals surface area (Å²) in [4.78, 5) is 26.2. The van der Waals surface area contributed by atoms with Crippen LogP contribution < -0.4 is 4.90 Å². The molecule has 0 N–H and O–H groups in total. The van der Waals surface area contributed by atoms with Crippen molar-refractivity contribution in [3.63, 3.8) is 0 Å². The van der Waals surface area contributed by atoms with Gasteiger partial charge in [-0.05, 0) is 25.7 Å². The van der Waals surface area contributed by atoms with Crippen LogP contribution >= 0.6 is 0 Å². The summed E-state index contributed by atoms with van der Waals surface area (Å²) in [6, 6.07) is 0. The fourth-order valence-electron chi connectivity index (χ4n) is 4.26. The van der Waals surface area contributed by atoms with Gasteiger partial charge in [0.2, 0.25) is 0 Å². The smallest absolute Gasteiger partial charge is 0.276 e. The number of anilines is 1. The number of fused-ring (bicyclic) bond motifs is 2. The first-order valence-corrected chi connectivity index (χ1v) is 9.73. The molecule has 0 atom stereocenters. The van der Waals surface area contributed by atoms with Gasteiger partial charge in [0.1, 0.15) is 17.9 Å². The SMILES string of the molecule is O=C(c1noc2c1CCCC2)N1CCc2c(ncnc2N2CCOCC2)C1. The third kappa shape index (κ3) is 2.97. The van der Waals surface area contributed by atoms with E-state index in [1.165, 1.54) is 0 Å². The molecular weight excluding hydrogens is 346 g/mol. The lowest BCUT2D eigenvalue weighted by Gasteiger charge is -2.33. The maximum absolute atomic E-state index is 13.1. The quantitative estimate of drug-likeness (QED) is 0.790. The van der Waals surface area contributed by atoms with Crippen LogP contribution in [0.5, 0.6) is 0 Å². The molecule has 0 spiro atoms. The van der Waals surface area contributed by atoms with Crippen LogP contribution in [0.2, 0.25) is 0 Å². The van der Waals surface area contributed by atoms with Crippen LogP contribution in [0.25, 0.3) is 0 Å². The Labute approximate surface area is 157 Å². The Morgan fingerprint density at radius 3 is 2.74 bits per heavy atom. The second kappa shape index (κ2) is 6.92. The molecule has 0 saturated carbocycles. The summed E-state index contributed by atoms with van der Waals surface area (Å²) in [5, 5.41) is 4.10. The second-order valence-corrected chi connectivity index (χ2v) is 7.34. The maximum atomic E-state index is 13.1. The van der Waals surface area contributed by atoms with Crippen LogP contribution in [0.3, 0.4) is 0 Å². The number of aromatic nitrogens is 3. The predicted octanol–water partition coefficient (Wildman–Crippen LogP) is 1.38. The first-order chi connectivity index (χ1) is 13.3. The van der Waals surface area contributed by atoms with Gasteiger partial charge >= 0.3 is 0 Å². The second-order valence-electron chi connectivity index (χ2n) is 7.34. The highest BCUT2D eigenvalue weighted by molar-refractivity contribution is 5.94. The van der Waals surface area contributed by atoms with E-state index in [1.807, 2.05) is 4.90 Å². The first kappa shape index (κ1) is 16.7.